The van der Waals surface area contributed by atoms with Gasteiger partial charge in [0.1, 0.15) is 0 Å². The van der Waals surface area contributed by atoms with E-state index < -0.39 is 0 Å². The SMILES string of the molecule is NCC(Nc1ccc(Cl)c(Br)c1)c1ccc(Br)cc1Cl. The number of hydrogen-bond acceptors (Lipinski definition) is 2. The van der Waals surface area contributed by atoms with Gasteiger partial charge in [0.2, 0.25) is 0 Å². The maximum Gasteiger partial charge on any atom is 0.0650 e. The molecule has 6 heteroatoms. The summed E-state index contributed by atoms with van der Waals surface area (Å²) in [6, 6.07) is 11.3. The molecule has 0 aromatic heterocycles. The van der Waals surface area contributed by atoms with Crippen molar-refractivity contribution in [3.63, 3.8) is 0 Å². The second-order valence-electron chi connectivity index (χ2n) is 4.23. The molecule has 1 unspecified atom stereocenters. The highest BCUT2D eigenvalue weighted by atomic mass is 79.9. The van der Waals surface area contributed by atoms with E-state index in [-0.39, 0.29) is 6.04 Å². The van der Waals surface area contributed by atoms with Crippen LogP contribution in [0.4, 0.5) is 5.69 Å². The van der Waals surface area contributed by atoms with Gasteiger partial charge in [0.05, 0.1) is 11.1 Å². The molecular weight excluding hydrogens is 427 g/mol. The fourth-order valence-corrected chi connectivity index (χ4v) is 3.14. The van der Waals surface area contributed by atoms with Crippen molar-refractivity contribution in [2.45, 2.75) is 6.04 Å². The predicted octanol–water partition coefficient (Wildman–Crippen LogP) is 5.63. The van der Waals surface area contributed by atoms with Crippen LogP contribution in [-0.2, 0) is 0 Å². The lowest BCUT2D eigenvalue weighted by Crippen LogP contribution is -2.21. The molecule has 2 aromatic rings. The topological polar surface area (TPSA) is 38.0 Å². The monoisotopic (exact) mass is 436 g/mol. The van der Waals surface area contributed by atoms with Crippen molar-refractivity contribution < 1.29 is 0 Å². The molecule has 0 saturated heterocycles. The van der Waals surface area contributed by atoms with Crippen molar-refractivity contribution in [1.82, 2.24) is 0 Å². The maximum absolute atomic E-state index is 6.27. The summed E-state index contributed by atoms with van der Waals surface area (Å²) in [7, 11) is 0. The minimum absolute atomic E-state index is 0.0660. The highest BCUT2D eigenvalue weighted by molar-refractivity contribution is 9.10. The van der Waals surface area contributed by atoms with Crippen LogP contribution in [0, 0.1) is 0 Å². The third-order valence-electron chi connectivity index (χ3n) is 2.83. The molecule has 0 spiro atoms. The van der Waals surface area contributed by atoms with Crippen LogP contribution in [0.25, 0.3) is 0 Å². The molecule has 3 N–H and O–H groups in total. The zero-order valence-corrected chi connectivity index (χ0v) is 15.0. The van der Waals surface area contributed by atoms with Gasteiger partial charge in [-0.25, -0.2) is 0 Å². The molecule has 2 aromatic carbocycles. The molecule has 0 bridgehead atoms. The molecule has 0 radical (unpaired) electrons. The molecule has 0 saturated carbocycles. The van der Waals surface area contributed by atoms with E-state index in [9.17, 15) is 0 Å². The Bertz CT molecular complexity index is 620. The number of hydrogen-bond donors (Lipinski definition) is 2. The molecule has 2 rings (SSSR count). The standard InChI is InChI=1S/C14H12Br2Cl2N2/c15-8-1-3-10(13(18)5-8)14(7-19)20-9-2-4-12(17)11(16)6-9/h1-6,14,20H,7,19H2. The summed E-state index contributed by atoms with van der Waals surface area (Å²) < 4.78 is 1.78. The molecule has 0 aliphatic heterocycles. The minimum atomic E-state index is -0.0660. The quantitative estimate of drug-likeness (QED) is 0.649. The van der Waals surface area contributed by atoms with E-state index >= 15 is 0 Å². The van der Waals surface area contributed by atoms with E-state index in [4.69, 9.17) is 28.9 Å². The summed E-state index contributed by atoms with van der Waals surface area (Å²) in [5.41, 5.74) is 7.74. The molecule has 0 heterocycles. The summed E-state index contributed by atoms with van der Waals surface area (Å²) in [4.78, 5) is 0. The first-order valence-electron chi connectivity index (χ1n) is 5.88. The van der Waals surface area contributed by atoms with E-state index in [1.54, 1.807) is 0 Å². The summed E-state index contributed by atoms with van der Waals surface area (Å²) in [5, 5.41) is 4.70. The molecule has 1 atom stereocenters. The molecule has 0 aliphatic rings. The Morgan fingerprint density at radius 2 is 1.80 bits per heavy atom. The Kier molecular flexibility index (Phi) is 5.75. The van der Waals surface area contributed by atoms with E-state index in [1.165, 1.54) is 0 Å². The molecular formula is C14H12Br2Cl2N2. The average molecular weight is 439 g/mol. The summed E-state index contributed by atoms with van der Waals surface area (Å²) in [6.45, 7) is 0.432. The maximum atomic E-state index is 6.27. The van der Waals surface area contributed by atoms with E-state index in [0.29, 0.717) is 16.6 Å². The molecule has 20 heavy (non-hydrogen) atoms. The zero-order valence-electron chi connectivity index (χ0n) is 10.3. The first kappa shape index (κ1) is 16.1. The van der Waals surface area contributed by atoms with Crippen LogP contribution in [0.15, 0.2) is 45.3 Å². The summed E-state index contributed by atoms with van der Waals surface area (Å²) >= 11 is 19.1. The van der Waals surface area contributed by atoms with Gasteiger partial charge >= 0.3 is 0 Å². The van der Waals surface area contributed by atoms with Crippen LogP contribution >= 0.6 is 55.1 Å². The summed E-state index contributed by atoms with van der Waals surface area (Å²) in [6.07, 6.45) is 0. The highest BCUT2D eigenvalue weighted by Crippen LogP contribution is 2.31. The van der Waals surface area contributed by atoms with Gasteiger partial charge in [-0.15, -0.1) is 0 Å². The smallest absolute Gasteiger partial charge is 0.0650 e. The van der Waals surface area contributed by atoms with Gasteiger partial charge in [0.25, 0.3) is 0 Å². The van der Waals surface area contributed by atoms with Crippen molar-refractivity contribution in [3.8, 4) is 0 Å². The number of halogens is 4. The Labute approximate surface area is 144 Å². The number of rotatable bonds is 4. The Hall–Kier alpha value is -0.260. The molecule has 106 valence electrons. The Morgan fingerprint density at radius 3 is 2.40 bits per heavy atom. The number of anilines is 1. The van der Waals surface area contributed by atoms with Gasteiger partial charge in [0, 0.05) is 26.2 Å². The van der Waals surface area contributed by atoms with E-state index in [0.717, 1.165) is 20.2 Å². The Morgan fingerprint density at radius 1 is 1.05 bits per heavy atom. The van der Waals surface area contributed by atoms with Crippen LogP contribution in [0.2, 0.25) is 10.0 Å². The zero-order chi connectivity index (χ0) is 14.7. The van der Waals surface area contributed by atoms with Gasteiger partial charge in [0.15, 0.2) is 0 Å². The van der Waals surface area contributed by atoms with Crippen LogP contribution < -0.4 is 11.1 Å². The van der Waals surface area contributed by atoms with Gasteiger partial charge in [-0.3, -0.25) is 0 Å². The van der Waals surface area contributed by atoms with Gasteiger partial charge < -0.3 is 11.1 Å². The first-order chi connectivity index (χ1) is 9.51. The van der Waals surface area contributed by atoms with Crippen molar-refractivity contribution in [3.05, 3.63) is 61.0 Å². The number of nitrogens with one attached hydrogen (secondary N) is 1. The lowest BCUT2D eigenvalue weighted by Gasteiger charge is -2.20. The summed E-state index contributed by atoms with van der Waals surface area (Å²) in [5.74, 6) is 0. The van der Waals surface area contributed by atoms with Crippen molar-refractivity contribution in [2.24, 2.45) is 5.73 Å². The van der Waals surface area contributed by atoms with Crippen LogP contribution in [0.5, 0.6) is 0 Å². The van der Waals surface area contributed by atoms with Crippen molar-refractivity contribution >= 4 is 60.7 Å². The predicted molar refractivity (Wildman–Crippen MR) is 93.7 cm³/mol. The second-order valence-corrected chi connectivity index (χ2v) is 6.81. The van der Waals surface area contributed by atoms with Gasteiger partial charge in [-0.2, -0.15) is 0 Å². The Balaban J connectivity index is 2.26. The fourth-order valence-electron chi connectivity index (χ4n) is 1.83. The fraction of sp³-hybridized carbons (Fsp3) is 0.143. The van der Waals surface area contributed by atoms with E-state index in [2.05, 4.69) is 37.2 Å². The second kappa shape index (κ2) is 7.14. The van der Waals surface area contributed by atoms with Crippen molar-refractivity contribution in [2.75, 3.05) is 11.9 Å². The lowest BCUT2D eigenvalue weighted by atomic mass is 10.1. The third kappa shape index (κ3) is 3.89. The number of nitrogens with two attached hydrogens (primary N) is 1. The molecule has 0 amide bonds. The van der Waals surface area contributed by atoms with Gasteiger partial charge in [-0.1, -0.05) is 45.2 Å². The van der Waals surface area contributed by atoms with Crippen LogP contribution in [-0.4, -0.2) is 6.54 Å². The highest BCUT2D eigenvalue weighted by Gasteiger charge is 2.14. The molecule has 0 fully saturated rings. The van der Waals surface area contributed by atoms with Crippen LogP contribution in [0.3, 0.4) is 0 Å². The lowest BCUT2D eigenvalue weighted by molar-refractivity contribution is 0.790. The van der Waals surface area contributed by atoms with E-state index in [1.807, 2.05) is 36.4 Å². The first-order valence-corrected chi connectivity index (χ1v) is 8.22. The number of benzene rings is 2. The molecule has 0 aliphatic carbocycles. The normalized spacial score (nSPS) is 12.2. The molecule has 2 nitrogen and oxygen atoms in total. The van der Waals surface area contributed by atoms with Crippen molar-refractivity contribution in [1.29, 1.82) is 0 Å². The average Bonchev–Trinajstić information content (AvgIpc) is 2.41. The third-order valence-corrected chi connectivity index (χ3v) is 4.87. The minimum Gasteiger partial charge on any atom is -0.377 e. The van der Waals surface area contributed by atoms with Crippen LogP contribution in [0.1, 0.15) is 11.6 Å². The largest absolute Gasteiger partial charge is 0.377 e. The van der Waals surface area contributed by atoms with Gasteiger partial charge in [-0.05, 0) is 51.8 Å².